The van der Waals surface area contributed by atoms with Crippen LogP contribution in [0.15, 0.2) is 29.6 Å². The van der Waals surface area contributed by atoms with E-state index in [9.17, 15) is 19.7 Å². The summed E-state index contributed by atoms with van der Waals surface area (Å²) in [5.74, 6) is -1.49. The fourth-order valence-corrected chi connectivity index (χ4v) is 3.09. The van der Waals surface area contributed by atoms with E-state index in [1.807, 2.05) is 0 Å². The van der Waals surface area contributed by atoms with Gasteiger partial charge in [-0.15, -0.1) is 11.3 Å². The Morgan fingerprint density at radius 2 is 2.17 bits per heavy atom. The quantitative estimate of drug-likeness (QED) is 0.634. The summed E-state index contributed by atoms with van der Waals surface area (Å²) in [5.41, 5.74) is 0.653. The van der Waals surface area contributed by atoms with E-state index < -0.39 is 16.8 Å². The molecule has 124 valence electrons. The highest BCUT2D eigenvalue weighted by Gasteiger charge is 2.35. The number of rotatable bonds is 6. The van der Waals surface area contributed by atoms with E-state index in [4.69, 9.17) is 5.11 Å². The molecule has 1 heterocycles. The number of amides is 1. The summed E-state index contributed by atoms with van der Waals surface area (Å²) in [7, 11) is 0. The molecule has 0 atom stereocenters. The Bertz CT molecular complexity index is 815. The van der Waals surface area contributed by atoms with Crippen LogP contribution in [-0.4, -0.2) is 44.4 Å². The number of carbonyl (C=O) groups excluding carboxylic acids is 1. The van der Waals surface area contributed by atoms with Gasteiger partial charge in [0.2, 0.25) is 0 Å². The first-order chi connectivity index (χ1) is 11.5. The molecule has 1 fully saturated rings. The van der Waals surface area contributed by atoms with Crippen molar-refractivity contribution in [3.63, 3.8) is 0 Å². The topological polar surface area (TPSA) is 114 Å². The minimum absolute atomic E-state index is 0.0448. The molecule has 1 saturated carbocycles. The number of nitro benzene ring substituents is 1. The Balaban J connectivity index is 1.84. The number of thiazole rings is 1. The Morgan fingerprint density at radius 3 is 2.79 bits per heavy atom. The second-order valence-electron chi connectivity index (χ2n) is 5.40. The first-order valence-electron chi connectivity index (χ1n) is 7.19. The van der Waals surface area contributed by atoms with Gasteiger partial charge >= 0.3 is 5.97 Å². The molecule has 1 aliphatic rings. The van der Waals surface area contributed by atoms with Gasteiger partial charge in [-0.1, -0.05) is 12.1 Å². The maximum atomic E-state index is 12.5. The average molecular weight is 347 g/mol. The number of carboxylic acid groups (broad SMARTS) is 1. The van der Waals surface area contributed by atoms with Crippen molar-refractivity contribution in [1.29, 1.82) is 0 Å². The molecule has 3 rings (SSSR count). The lowest BCUT2D eigenvalue weighted by molar-refractivity contribution is -0.384. The van der Waals surface area contributed by atoms with Gasteiger partial charge in [0.05, 0.1) is 4.92 Å². The van der Waals surface area contributed by atoms with E-state index >= 15 is 0 Å². The maximum Gasteiger partial charge on any atom is 0.323 e. The summed E-state index contributed by atoms with van der Waals surface area (Å²) in [5, 5.41) is 21.8. The van der Waals surface area contributed by atoms with Gasteiger partial charge in [0.25, 0.3) is 11.6 Å². The van der Waals surface area contributed by atoms with E-state index in [0.29, 0.717) is 10.6 Å². The lowest BCUT2D eigenvalue weighted by Crippen LogP contribution is -2.37. The molecule has 1 aromatic carbocycles. The number of carbonyl (C=O) groups is 2. The molecule has 9 heteroatoms. The van der Waals surface area contributed by atoms with Gasteiger partial charge < -0.3 is 10.0 Å². The second-order valence-corrected chi connectivity index (χ2v) is 6.26. The standard InChI is InChI=1S/C15H13N3O5S/c19-13(20)7-17(10-4-5-10)15(21)12-8-24-14(16-12)9-2-1-3-11(6-9)18(22)23/h1-3,6,8,10H,4-5,7H2,(H,19,20). The van der Waals surface area contributed by atoms with Crippen LogP contribution in [0.1, 0.15) is 23.3 Å². The van der Waals surface area contributed by atoms with Crippen molar-refractivity contribution in [1.82, 2.24) is 9.88 Å². The van der Waals surface area contributed by atoms with Crippen molar-refractivity contribution in [3.8, 4) is 10.6 Å². The molecule has 1 amide bonds. The average Bonchev–Trinajstić information content (AvgIpc) is 3.27. The van der Waals surface area contributed by atoms with Crippen LogP contribution in [0.5, 0.6) is 0 Å². The van der Waals surface area contributed by atoms with Gasteiger partial charge in [0.1, 0.15) is 17.2 Å². The second kappa shape index (κ2) is 6.36. The molecule has 0 aliphatic heterocycles. The van der Waals surface area contributed by atoms with Crippen LogP contribution in [0.3, 0.4) is 0 Å². The number of aliphatic carboxylic acids is 1. The van der Waals surface area contributed by atoms with Crippen LogP contribution in [0.2, 0.25) is 0 Å². The highest BCUT2D eigenvalue weighted by atomic mass is 32.1. The maximum absolute atomic E-state index is 12.5. The predicted molar refractivity (Wildman–Crippen MR) is 85.9 cm³/mol. The number of nitrogens with zero attached hydrogens (tertiary/aromatic N) is 3. The normalized spacial score (nSPS) is 13.5. The Hall–Kier alpha value is -2.81. The zero-order valence-electron chi connectivity index (χ0n) is 12.4. The lowest BCUT2D eigenvalue weighted by Gasteiger charge is -2.18. The van der Waals surface area contributed by atoms with Crippen LogP contribution in [-0.2, 0) is 4.79 Å². The van der Waals surface area contributed by atoms with E-state index in [0.717, 1.165) is 12.8 Å². The Kier molecular flexibility index (Phi) is 4.26. The summed E-state index contributed by atoms with van der Waals surface area (Å²) < 4.78 is 0. The number of benzene rings is 1. The first kappa shape index (κ1) is 16.1. The van der Waals surface area contributed by atoms with Gasteiger partial charge in [-0.3, -0.25) is 19.7 Å². The van der Waals surface area contributed by atoms with Crippen LogP contribution in [0, 0.1) is 10.1 Å². The largest absolute Gasteiger partial charge is 0.480 e. The number of hydrogen-bond acceptors (Lipinski definition) is 6. The third kappa shape index (κ3) is 3.40. The monoisotopic (exact) mass is 347 g/mol. The molecule has 1 aromatic heterocycles. The molecule has 8 nitrogen and oxygen atoms in total. The molecule has 2 aromatic rings. The van der Waals surface area contributed by atoms with Crippen molar-refractivity contribution in [2.45, 2.75) is 18.9 Å². The number of nitro groups is 1. The van der Waals surface area contributed by atoms with Gasteiger partial charge in [0.15, 0.2) is 0 Å². The van der Waals surface area contributed by atoms with E-state index in [-0.39, 0.29) is 24.0 Å². The molecule has 0 spiro atoms. The van der Waals surface area contributed by atoms with Crippen LogP contribution < -0.4 is 0 Å². The van der Waals surface area contributed by atoms with Crippen LogP contribution >= 0.6 is 11.3 Å². The van der Waals surface area contributed by atoms with Gasteiger partial charge in [-0.2, -0.15) is 0 Å². The molecular formula is C15H13N3O5S. The van der Waals surface area contributed by atoms with E-state index in [1.54, 1.807) is 17.5 Å². The van der Waals surface area contributed by atoms with E-state index in [2.05, 4.69) is 4.98 Å². The number of aromatic nitrogens is 1. The summed E-state index contributed by atoms with van der Waals surface area (Å²) >= 11 is 1.19. The minimum atomic E-state index is -1.07. The molecule has 0 bridgehead atoms. The third-order valence-corrected chi connectivity index (χ3v) is 4.47. The van der Waals surface area contributed by atoms with Crippen molar-refractivity contribution in [3.05, 3.63) is 45.5 Å². The van der Waals surface area contributed by atoms with Crippen molar-refractivity contribution >= 4 is 28.9 Å². The third-order valence-electron chi connectivity index (χ3n) is 3.58. The predicted octanol–water partition coefficient (Wildman–Crippen LogP) is 2.41. The van der Waals surface area contributed by atoms with Gasteiger partial charge in [-0.25, -0.2) is 4.98 Å². The number of hydrogen-bond donors (Lipinski definition) is 1. The Labute approximate surface area is 140 Å². The molecular weight excluding hydrogens is 334 g/mol. The zero-order chi connectivity index (χ0) is 17.3. The number of carboxylic acids is 1. The molecule has 1 aliphatic carbocycles. The van der Waals surface area contributed by atoms with Gasteiger partial charge in [0, 0.05) is 29.1 Å². The van der Waals surface area contributed by atoms with E-state index in [1.165, 1.54) is 28.4 Å². The zero-order valence-corrected chi connectivity index (χ0v) is 13.2. The molecule has 1 N–H and O–H groups in total. The number of non-ortho nitro benzene ring substituents is 1. The highest BCUT2D eigenvalue weighted by Crippen LogP contribution is 2.30. The lowest BCUT2D eigenvalue weighted by atomic mass is 10.2. The van der Waals surface area contributed by atoms with Crippen molar-refractivity contribution in [2.24, 2.45) is 0 Å². The molecule has 0 saturated heterocycles. The Morgan fingerprint density at radius 1 is 1.42 bits per heavy atom. The summed E-state index contributed by atoms with van der Waals surface area (Å²) in [4.78, 5) is 39.3. The molecule has 0 unspecified atom stereocenters. The summed E-state index contributed by atoms with van der Waals surface area (Å²) in [6, 6.07) is 5.96. The van der Waals surface area contributed by atoms with Crippen molar-refractivity contribution < 1.29 is 19.6 Å². The fourth-order valence-electron chi connectivity index (χ4n) is 2.30. The highest BCUT2D eigenvalue weighted by molar-refractivity contribution is 7.13. The SMILES string of the molecule is O=C(O)CN(C(=O)c1csc(-c2cccc([N+](=O)[O-])c2)n1)C1CC1. The first-order valence-corrected chi connectivity index (χ1v) is 8.07. The van der Waals surface area contributed by atoms with Crippen molar-refractivity contribution in [2.75, 3.05) is 6.54 Å². The fraction of sp³-hybridized carbons (Fsp3) is 0.267. The summed E-state index contributed by atoms with van der Waals surface area (Å²) in [6.45, 7) is -0.354. The molecule has 0 radical (unpaired) electrons. The molecule has 24 heavy (non-hydrogen) atoms. The smallest absolute Gasteiger partial charge is 0.323 e. The summed E-state index contributed by atoms with van der Waals surface area (Å²) in [6.07, 6.45) is 1.59. The van der Waals surface area contributed by atoms with Gasteiger partial charge in [-0.05, 0) is 12.8 Å². The minimum Gasteiger partial charge on any atom is -0.480 e. The van der Waals surface area contributed by atoms with Crippen LogP contribution in [0.25, 0.3) is 10.6 Å². The van der Waals surface area contributed by atoms with Crippen LogP contribution in [0.4, 0.5) is 5.69 Å².